The lowest BCUT2D eigenvalue weighted by Gasteiger charge is -2.19. The van der Waals surface area contributed by atoms with Crippen molar-refractivity contribution < 1.29 is 0 Å². The molecule has 106 valence electrons. The van der Waals surface area contributed by atoms with Gasteiger partial charge < -0.3 is 5.73 Å². The Morgan fingerprint density at radius 2 is 1.71 bits per heavy atom. The summed E-state index contributed by atoms with van der Waals surface area (Å²) in [5, 5.41) is 1.00. The molecule has 2 heterocycles. The van der Waals surface area contributed by atoms with Crippen LogP contribution in [0, 0.1) is 0 Å². The standard InChI is InChI=1S/C18H19N3/c1-18(2,3)14-8-6-12(7-9-14)15-11-13-5-4-10-20-17(13)21-16(15)19/h4-11H,1-3H3,(H2,19,20,21). The smallest absolute Gasteiger partial charge is 0.161 e. The predicted octanol–water partition coefficient (Wildman–Crippen LogP) is 4.18. The van der Waals surface area contributed by atoms with Crippen molar-refractivity contribution in [1.29, 1.82) is 0 Å². The molecule has 0 amide bonds. The SMILES string of the molecule is CC(C)(C)c1ccc(-c2cc3cccnc3nc2N)cc1. The molecule has 3 nitrogen and oxygen atoms in total. The van der Waals surface area contributed by atoms with Crippen molar-refractivity contribution in [2.45, 2.75) is 26.2 Å². The van der Waals surface area contributed by atoms with Gasteiger partial charge >= 0.3 is 0 Å². The summed E-state index contributed by atoms with van der Waals surface area (Å²) in [4.78, 5) is 8.62. The summed E-state index contributed by atoms with van der Waals surface area (Å²) < 4.78 is 0. The second kappa shape index (κ2) is 4.85. The molecule has 0 saturated heterocycles. The summed E-state index contributed by atoms with van der Waals surface area (Å²) >= 11 is 0. The van der Waals surface area contributed by atoms with Crippen LogP contribution in [-0.4, -0.2) is 9.97 Å². The van der Waals surface area contributed by atoms with Gasteiger partial charge in [0.05, 0.1) is 0 Å². The number of nitrogens with two attached hydrogens (primary N) is 1. The van der Waals surface area contributed by atoms with Crippen molar-refractivity contribution in [2.75, 3.05) is 5.73 Å². The molecule has 2 N–H and O–H groups in total. The monoisotopic (exact) mass is 277 g/mol. The summed E-state index contributed by atoms with van der Waals surface area (Å²) in [5.74, 6) is 0.518. The highest BCUT2D eigenvalue weighted by Crippen LogP contribution is 2.30. The Bertz CT molecular complexity index is 784. The number of hydrogen-bond acceptors (Lipinski definition) is 3. The number of pyridine rings is 2. The van der Waals surface area contributed by atoms with Crippen LogP contribution in [0.1, 0.15) is 26.3 Å². The van der Waals surface area contributed by atoms with E-state index in [0.29, 0.717) is 11.5 Å². The minimum atomic E-state index is 0.148. The van der Waals surface area contributed by atoms with Gasteiger partial charge in [-0.15, -0.1) is 0 Å². The van der Waals surface area contributed by atoms with Crippen LogP contribution >= 0.6 is 0 Å². The van der Waals surface area contributed by atoms with E-state index in [1.807, 2.05) is 12.1 Å². The Morgan fingerprint density at radius 1 is 1.00 bits per heavy atom. The first kappa shape index (κ1) is 13.6. The van der Waals surface area contributed by atoms with Crippen LogP contribution in [0.25, 0.3) is 22.2 Å². The van der Waals surface area contributed by atoms with Gasteiger partial charge in [0.1, 0.15) is 5.82 Å². The molecule has 0 saturated carbocycles. The molecule has 0 radical (unpaired) electrons. The molecule has 0 aliphatic heterocycles. The van der Waals surface area contributed by atoms with E-state index in [2.05, 4.69) is 61.1 Å². The lowest BCUT2D eigenvalue weighted by molar-refractivity contribution is 0.590. The fraction of sp³-hybridized carbons (Fsp3) is 0.222. The van der Waals surface area contributed by atoms with Crippen LogP contribution in [0.2, 0.25) is 0 Å². The van der Waals surface area contributed by atoms with Crippen LogP contribution in [0.4, 0.5) is 5.82 Å². The van der Waals surface area contributed by atoms with Crippen molar-refractivity contribution >= 4 is 16.9 Å². The Labute approximate surface area is 124 Å². The number of anilines is 1. The zero-order valence-electron chi connectivity index (χ0n) is 12.6. The predicted molar refractivity (Wildman–Crippen MR) is 88.1 cm³/mol. The van der Waals surface area contributed by atoms with Crippen molar-refractivity contribution in [3.8, 4) is 11.1 Å². The molecule has 3 heteroatoms. The second-order valence-electron chi connectivity index (χ2n) is 6.30. The second-order valence-corrected chi connectivity index (χ2v) is 6.30. The minimum Gasteiger partial charge on any atom is -0.383 e. The molecule has 0 bridgehead atoms. The summed E-state index contributed by atoms with van der Waals surface area (Å²) in [6.45, 7) is 6.62. The lowest BCUT2D eigenvalue weighted by Crippen LogP contribution is -2.10. The maximum absolute atomic E-state index is 6.09. The molecule has 0 atom stereocenters. The summed E-state index contributed by atoms with van der Waals surface area (Å²) in [6.07, 6.45) is 1.73. The van der Waals surface area contributed by atoms with Gasteiger partial charge in [-0.3, -0.25) is 0 Å². The number of nitrogens with zero attached hydrogens (tertiary/aromatic N) is 2. The van der Waals surface area contributed by atoms with Crippen LogP contribution in [0.5, 0.6) is 0 Å². The highest BCUT2D eigenvalue weighted by Gasteiger charge is 2.14. The molecule has 0 fully saturated rings. The van der Waals surface area contributed by atoms with Gasteiger partial charge in [-0.1, -0.05) is 45.0 Å². The summed E-state index contributed by atoms with van der Waals surface area (Å²) in [5.41, 5.74) is 10.3. The molecule has 0 aliphatic carbocycles. The first-order valence-electron chi connectivity index (χ1n) is 7.07. The average molecular weight is 277 g/mol. The zero-order chi connectivity index (χ0) is 15.0. The molecule has 1 aromatic carbocycles. The van der Waals surface area contributed by atoms with Crippen LogP contribution in [-0.2, 0) is 5.41 Å². The van der Waals surface area contributed by atoms with E-state index in [0.717, 1.165) is 16.5 Å². The van der Waals surface area contributed by atoms with Gasteiger partial charge in [-0.2, -0.15) is 0 Å². The third kappa shape index (κ3) is 2.59. The van der Waals surface area contributed by atoms with Crippen molar-refractivity contribution in [2.24, 2.45) is 0 Å². The maximum Gasteiger partial charge on any atom is 0.161 e. The molecule has 21 heavy (non-hydrogen) atoms. The van der Waals surface area contributed by atoms with Crippen LogP contribution in [0.3, 0.4) is 0 Å². The Morgan fingerprint density at radius 3 is 2.38 bits per heavy atom. The molecule has 3 aromatic rings. The molecule has 0 spiro atoms. The van der Waals surface area contributed by atoms with E-state index in [1.165, 1.54) is 5.56 Å². The van der Waals surface area contributed by atoms with Gasteiger partial charge in [-0.25, -0.2) is 9.97 Å². The fourth-order valence-electron chi connectivity index (χ4n) is 2.40. The van der Waals surface area contributed by atoms with Gasteiger partial charge in [0, 0.05) is 17.1 Å². The Kier molecular flexibility index (Phi) is 3.13. The lowest BCUT2D eigenvalue weighted by atomic mass is 9.86. The number of benzene rings is 1. The third-order valence-electron chi connectivity index (χ3n) is 3.68. The normalized spacial score (nSPS) is 11.8. The van der Waals surface area contributed by atoms with Crippen LogP contribution in [0.15, 0.2) is 48.7 Å². The molecule has 0 aliphatic rings. The summed E-state index contributed by atoms with van der Waals surface area (Å²) in [7, 11) is 0. The number of aromatic nitrogens is 2. The molecule has 3 rings (SSSR count). The molecule has 0 unspecified atom stereocenters. The molecule has 2 aromatic heterocycles. The Balaban J connectivity index is 2.09. The van der Waals surface area contributed by atoms with Gasteiger partial charge in [0.2, 0.25) is 0 Å². The van der Waals surface area contributed by atoms with Crippen molar-refractivity contribution in [3.05, 3.63) is 54.2 Å². The van der Waals surface area contributed by atoms with E-state index in [1.54, 1.807) is 6.20 Å². The highest BCUT2D eigenvalue weighted by molar-refractivity contribution is 5.86. The van der Waals surface area contributed by atoms with E-state index < -0.39 is 0 Å². The van der Waals surface area contributed by atoms with Gasteiger partial charge in [-0.05, 0) is 34.7 Å². The number of hydrogen-bond donors (Lipinski definition) is 1. The molecular formula is C18H19N3. The number of nitrogen functional groups attached to an aromatic ring is 1. The first-order valence-corrected chi connectivity index (χ1v) is 7.07. The topological polar surface area (TPSA) is 51.8 Å². The van der Waals surface area contributed by atoms with E-state index in [9.17, 15) is 0 Å². The minimum absolute atomic E-state index is 0.148. The van der Waals surface area contributed by atoms with Crippen molar-refractivity contribution in [3.63, 3.8) is 0 Å². The van der Waals surface area contributed by atoms with Gasteiger partial charge in [0.25, 0.3) is 0 Å². The average Bonchev–Trinajstić information content (AvgIpc) is 2.46. The van der Waals surface area contributed by atoms with Crippen LogP contribution < -0.4 is 5.73 Å². The summed E-state index contributed by atoms with van der Waals surface area (Å²) in [6, 6.07) is 14.5. The zero-order valence-corrected chi connectivity index (χ0v) is 12.6. The fourth-order valence-corrected chi connectivity index (χ4v) is 2.40. The van der Waals surface area contributed by atoms with E-state index in [4.69, 9.17) is 5.73 Å². The maximum atomic E-state index is 6.09. The van der Waals surface area contributed by atoms with E-state index in [-0.39, 0.29) is 5.41 Å². The number of rotatable bonds is 1. The Hall–Kier alpha value is -2.42. The highest BCUT2D eigenvalue weighted by atomic mass is 14.9. The third-order valence-corrected chi connectivity index (χ3v) is 3.68. The number of fused-ring (bicyclic) bond motifs is 1. The van der Waals surface area contributed by atoms with Gasteiger partial charge in [0.15, 0.2) is 5.65 Å². The first-order chi connectivity index (χ1) is 9.95. The van der Waals surface area contributed by atoms with Crippen molar-refractivity contribution in [1.82, 2.24) is 9.97 Å². The van der Waals surface area contributed by atoms with E-state index >= 15 is 0 Å². The molecular weight excluding hydrogens is 258 g/mol. The quantitative estimate of drug-likeness (QED) is 0.726. The largest absolute Gasteiger partial charge is 0.383 e.